The van der Waals surface area contributed by atoms with Crippen molar-refractivity contribution in [3.63, 3.8) is 0 Å². The Balaban J connectivity index is 2.22. The summed E-state index contributed by atoms with van der Waals surface area (Å²) in [5.41, 5.74) is 4.46. The normalized spacial score (nSPS) is 11.4. The minimum Gasteiger partial charge on any atom is -0.382 e. The van der Waals surface area contributed by atoms with Gasteiger partial charge in [0.05, 0.1) is 5.75 Å². The average Bonchev–Trinajstić information content (AvgIpc) is 2.50. The SMILES string of the molecule is CCCCCS(=O)(=O)Oc1cccc(-c2cccc(C)c2C)c1. The highest BCUT2D eigenvalue weighted by Gasteiger charge is 2.13. The van der Waals surface area contributed by atoms with Crippen LogP contribution in [0.15, 0.2) is 42.5 Å². The highest BCUT2D eigenvalue weighted by Crippen LogP contribution is 2.28. The van der Waals surface area contributed by atoms with Gasteiger partial charge in [-0.15, -0.1) is 0 Å². The molecule has 0 saturated carbocycles. The molecule has 0 atom stereocenters. The first-order chi connectivity index (χ1) is 10.9. The van der Waals surface area contributed by atoms with Gasteiger partial charge in [0, 0.05) is 0 Å². The molecule has 2 aromatic rings. The third kappa shape index (κ3) is 4.83. The molecule has 0 unspecified atom stereocenters. The van der Waals surface area contributed by atoms with Crippen LogP contribution in [-0.4, -0.2) is 14.2 Å². The van der Waals surface area contributed by atoms with Gasteiger partial charge in [0.1, 0.15) is 5.75 Å². The Labute approximate surface area is 139 Å². The van der Waals surface area contributed by atoms with Crippen LogP contribution in [0.3, 0.4) is 0 Å². The second-order valence-corrected chi connectivity index (χ2v) is 7.52. The first-order valence-electron chi connectivity index (χ1n) is 8.02. The maximum absolute atomic E-state index is 12.0. The maximum Gasteiger partial charge on any atom is 0.309 e. The zero-order valence-electron chi connectivity index (χ0n) is 14.0. The van der Waals surface area contributed by atoms with Gasteiger partial charge in [-0.05, 0) is 54.7 Å². The third-order valence-electron chi connectivity index (χ3n) is 3.97. The van der Waals surface area contributed by atoms with Crippen molar-refractivity contribution in [2.24, 2.45) is 0 Å². The van der Waals surface area contributed by atoms with Gasteiger partial charge in [-0.25, -0.2) is 0 Å². The molecule has 0 N–H and O–H groups in total. The van der Waals surface area contributed by atoms with Gasteiger partial charge in [-0.2, -0.15) is 8.42 Å². The molecule has 0 saturated heterocycles. The molecule has 0 amide bonds. The van der Waals surface area contributed by atoms with Crippen molar-refractivity contribution in [2.45, 2.75) is 40.0 Å². The fraction of sp³-hybridized carbons (Fsp3) is 0.368. The molecule has 124 valence electrons. The molecule has 0 heterocycles. The Morgan fingerprint density at radius 2 is 1.74 bits per heavy atom. The number of hydrogen-bond acceptors (Lipinski definition) is 3. The summed E-state index contributed by atoms with van der Waals surface area (Å²) in [7, 11) is -3.52. The van der Waals surface area contributed by atoms with Crippen LogP contribution in [0.5, 0.6) is 5.75 Å². The monoisotopic (exact) mass is 332 g/mol. The Morgan fingerprint density at radius 3 is 2.48 bits per heavy atom. The zero-order valence-corrected chi connectivity index (χ0v) is 14.8. The van der Waals surface area contributed by atoms with Crippen molar-refractivity contribution in [3.8, 4) is 16.9 Å². The summed E-state index contributed by atoms with van der Waals surface area (Å²) in [6.45, 7) is 6.18. The quantitative estimate of drug-likeness (QED) is 0.537. The number of rotatable bonds is 7. The lowest BCUT2D eigenvalue weighted by Crippen LogP contribution is -2.13. The highest BCUT2D eigenvalue weighted by molar-refractivity contribution is 7.87. The van der Waals surface area contributed by atoms with Gasteiger partial charge < -0.3 is 4.18 Å². The van der Waals surface area contributed by atoms with Gasteiger partial charge in [0.25, 0.3) is 0 Å². The molecule has 0 spiro atoms. The molecule has 3 nitrogen and oxygen atoms in total. The average molecular weight is 332 g/mol. The lowest BCUT2D eigenvalue weighted by molar-refractivity contribution is 0.483. The summed E-state index contributed by atoms with van der Waals surface area (Å²) in [6, 6.07) is 13.4. The van der Waals surface area contributed by atoms with E-state index in [1.165, 1.54) is 11.1 Å². The molecule has 0 aliphatic heterocycles. The molecule has 0 aliphatic rings. The van der Waals surface area contributed by atoms with Crippen LogP contribution < -0.4 is 4.18 Å². The van der Waals surface area contributed by atoms with Crippen molar-refractivity contribution >= 4 is 10.1 Å². The van der Waals surface area contributed by atoms with E-state index in [0.29, 0.717) is 12.2 Å². The molecule has 0 radical (unpaired) electrons. The van der Waals surface area contributed by atoms with Gasteiger partial charge in [-0.3, -0.25) is 0 Å². The second kappa shape index (κ2) is 7.64. The molecular weight excluding hydrogens is 308 g/mol. The Kier molecular flexibility index (Phi) is 5.83. The van der Waals surface area contributed by atoms with E-state index >= 15 is 0 Å². The molecule has 0 bridgehead atoms. The van der Waals surface area contributed by atoms with Gasteiger partial charge in [0.15, 0.2) is 0 Å². The summed E-state index contributed by atoms with van der Waals surface area (Å²) < 4.78 is 29.3. The van der Waals surface area contributed by atoms with Gasteiger partial charge >= 0.3 is 10.1 Å². The second-order valence-electron chi connectivity index (χ2n) is 5.83. The summed E-state index contributed by atoms with van der Waals surface area (Å²) in [5, 5.41) is 0. The van der Waals surface area contributed by atoms with Gasteiger partial charge in [-0.1, -0.05) is 50.1 Å². The number of unbranched alkanes of at least 4 members (excludes halogenated alkanes) is 2. The number of benzene rings is 2. The molecule has 4 heteroatoms. The van der Waals surface area contributed by atoms with Crippen LogP contribution in [0.25, 0.3) is 11.1 Å². The van der Waals surface area contributed by atoms with E-state index in [-0.39, 0.29) is 5.75 Å². The third-order valence-corrected chi connectivity index (χ3v) is 5.21. The summed E-state index contributed by atoms with van der Waals surface area (Å²) in [5.74, 6) is 0.439. The fourth-order valence-electron chi connectivity index (χ4n) is 2.50. The minimum atomic E-state index is -3.52. The molecule has 0 aliphatic carbocycles. The molecule has 23 heavy (non-hydrogen) atoms. The van der Waals surface area contributed by atoms with Crippen molar-refractivity contribution in [2.75, 3.05) is 5.75 Å². The molecule has 2 rings (SSSR count). The van der Waals surface area contributed by atoms with Crippen molar-refractivity contribution in [1.82, 2.24) is 0 Å². The summed E-state index contributed by atoms with van der Waals surface area (Å²) in [4.78, 5) is 0. The van der Waals surface area contributed by atoms with Crippen LogP contribution in [0.4, 0.5) is 0 Å². The molecular formula is C19H24O3S. The Morgan fingerprint density at radius 1 is 1.00 bits per heavy atom. The lowest BCUT2D eigenvalue weighted by atomic mass is 9.97. The predicted octanol–water partition coefficient (Wildman–Crippen LogP) is 4.87. The van der Waals surface area contributed by atoms with Crippen molar-refractivity contribution in [1.29, 1.82) is 0 Å². The first-order valence-corrected chi connectivity index (χ1v) is 9.59. The lowest BCUT2D eigenvalue weighted by Gasteiger charge is -2.11. The van der Waals surface area contributed by atoms with E-state index in [1.807, 2.05) is 31.2 Å². The number of hydrogen-bond donors (Lipinski definition) is 0. The minimum absolute atomic E-state index is 0.0640. The van der Waals surface area contributed by atoms with Gasteiger partial charge in [0.2, 0.25) is 0 Å². The maximum atomic E-state index is 12.0. The molecule has 0 aromatic heterocycles. The van der Waals surface area contributed by atoms with Crippen molar-refractivity contribution in [3.05, 3.63) is 53.6 Å². The van der Waals surface area contributed by atoms with Crippen LogP contribution in [-0.2, 0) is 10.1 Å². The van der Waals surface area contributed by atoms with E-state index in [4.69, 9.17) is 4.18 Å². The first kappa shape index (κ1) is 17.5. The smallest absolute Gasteiger partial charge is 0.309 e. The van der Waals surface area contributed by atoms with Crippen LogP contribution in [0.2, 0.25) is 0 Å². The molecule has 0 fully saturated rings. The molecule has 2 aromatic carbocycles. The van der Waals surface area contributed by atoms with Crippen molar-refractivity contribution < 1.29 is 12.6 Å². The van der Waals surface area contributed by atoms with Crippen LogP contribution in [0, 0.1) is 13.8 Å². The van der Waals surface area contributed by atoms with E-state index in [1.54, 1.807) is 12.1 Å². The van der Waals surface area contributed by atoms with E-state index in [2.05, 4.69) is 19.9 Å². The standard InChI is InChI=1S/C19H24O3S/c1-4-5-6-13-23(20,21)22-18-11-8-10-17(14-18)19-12-7-9-15(2)16(19)3/h7-12,14H,4-6,13H2,1-3H3. The van der Waals surface area contributed by atoms with E-state index in [0.717, 1.165) is 24.0 Å². The Hall–Kier alpha value is -1.81. The highest BCUT2D eigenvalue weighted by atomic mass is 32.2. The zero-order chi connectivity index (χ0) is 16.9. The predicted molar refractivity (Wildman–Crippen MR) is 95.3 cm³/mol. The largest absolute Gasteiger partial charge is 0.382 e. The topological polar surface area (TPSA) is 43.4 Å². The van der Waals surface area contributed by atoms with E-state index < -0.39 is 10.1 Å². The number of aryl methyl sites for hydroxylation is 1. The van der Waals surface area contributed by atoms with Crippen LogP contribution >= 0.6 is 0 Å². The summed E-state index contributed by atoms with van der Waals surface area (Å²) >= 11 is 0. The fourth-order valence-corrected chi connectivity index (χ4v) is 3.53. The van der Waals surface area contributed by atoms with E-state index in [9.17, 15) is 8.42 Å². The van der Waals surface area contributed by atoms with Crippen LogP contribution in [0.1, 0.15) is 37.3 Å². The summed E-state index contributed by atoms with van der Waals surface area (Å²) in [6.07, 6.45) is 2.51. The Bertz CT molecular complexity index is 764.